The third-order valence-corrected chi connectivity index (χ3v) is 5.41. The van der Waals surface area contributed by atoms with Crippen LogP contribution in [-0.2, 0) is 19.6 Å². The highest BCUT2D eigenvalue weighted by atomic mass is 35.5. The molecule has 0 amide bonds. The summed E-state index contributed by atoms with van der Waals surface area (Å²) in [6.07, 6.45) is 2.04. The molecule has 1 atom stereocenters. The van der Waals surface area contributed by atoms with Crippen LogP contribution >= 0.6 is 11.6 Å². The zero-order valence-corrected chi connectivity index (χ0v) is 18.1. The van der Waals surface area contributed by atoms with Crippen LogP contribution in [0.4, 0.5) is 4.39 Å². The Kier molecular flexibility index (Phi) is 8.12. The van der Waals surface area contributed by atoms with Gasteiger partial charge in [0.05, 0.1) is 12.1 Å². The van der Waals surface area contributed by atoms with Crippen molar-refractivity contribution in [3.8, 4) is 11.5 Å². The summed E-state index contributed by atoms with van der Waals surface area (Å²) in [6, 6.07) is 21.1. The highest BCUT2D eigenvalue weighted by Gasteiger charge is 2.14. The average molecular weight is 428 g/mol. The molecule has 3 rings (SSSR count). The normalized spacial score (nSPS) is 11.9. The van der Waals surface area contributed by atoms with Crippen LogP contribution < -0.4 is 14.8 Å². The number of para-hydroxylation sites is 1. The Labute approximate surface area is 182 Å². The molecule has 0 fully saturated rings. The van der Waals surface area contributed by atoms with Gasteiger partial charge in [0.2, 0.25) is 0 Å². The molecule has 1 N–H and O–H groups in total. The standard InChI is InChI=1S/C25H27ClFNO2/c1-18(14-15-19-8-4-3-5-9-19)28-16-20-10-6-13-24(29-2)25(20)30-17-21-22(26)11-7-12-23(21)27/h3-13,18,28H,14-17H2,1-2H3/t18-/m1/s1. The van der Waals surface area contributed by atoms with Crippen LogP contribution in [0.5, 0.6) is 11.5 Å². The number of halogens is 2. The van der Waals surface area contributed by atoms with E-state index in [1.54, 1.807) is 19.2 Å². The van der Waals surface area contributed by atoms with Crippen LogP contribution in [0.3, 0.4) is 0 Å². The number of hydrogen-bond donors (Lipinski definition) is 1. The highest BCUT2D eigenvalue weighted by Crippen LogP contribution is 2.33. The Bertz CT molecular complexity index is 929. The van der Waals surface area contributed by atoms with Gasteiger partial charge in [-0.3, -0.25) is 0 Å². The van der Waals surface area contributed by atoms with Gasteiger partial charge in [0.1, 0.15) is 12.4 Å². The Hall–Kier alpha value is -2.56. The summed E-state index contributed by atoms with van der Waals surface area (Å²) in [6.45, 7) is 2.82. The third-order valence-electron chi connectivity index (χ3n) is 5.05. The van der Waals surface area contributed by atoms with Crippen molar-refractivity contribution in [1.29, 1.82) is 0 Å². The van der Waals surface area contributed by atoms with Gasteiger partial charge in [0.15, 0.2) is 11.5 Å². The van der Waals surface area contributed by atoms with Crippen molar-refractivity contribution < 1.29 is 13.9 Å². The lowest BCUT2D eigenvalue weighted by Gasteiger charge is -2.18. The largest absolute Gasteiger partial charge is 0.493 e. The fourth-order valence-electron chi connectivity index (χ4n) is 3.25. The monoisotopic (exact) mass is 427 g/mol. The number of aryl methyl sites for hydroxylation is 1. The molecule has 0 unspecified atom stereocenters. The molecule has 0 spiro atoms. The van der Waals surface area contributed by atoms with Crippen molar-refractivity contribution in [3.05, 3.63) is 94.3 Å². The summed E-state index contributed by atoms with van der Waals surface area (Å²) in [5.41, 5.74) is 2.62. The predicted molar refractivity (Wildman–Crippen MR) is 120 cm³/mol. The average Bonchev–Trinajstić information content (AvgIpc) is 2.77. The molecule has 158 valence electrons. The van der Waals surface area contributed by atoms with Crippen LogP contribution in [-0.4, -0.2) is 13.2 Å². The van der Waals surface area contributed by atoms with Crippen LogP contribution in [0.25, 0.3) is 0 Å². The van der Waals surface area contributed by atoms with Gasteiger partial charge in [0.25, 0.3) is 0 Å². The lowest BCUT2D eigenvalue weighted by atomic mass is 10.1. The van der Waals surface area contributed by atoms with Gasteiger partial charge >= 0.3 is 0 Å². The zero-order valence-electron chi connectivity index (χ0n) is 17.3. The molecule has 0 heterocycles. The fourth-order valence-corrected chi connectivity index (χ4v) is 3.47. The third kappa shape index (κ3) is 5.97. The molecule has 3 aromatic carbocycles. The lowest BCUT2D eigenvalue weighted by Crippen LogP contribution is -2.26. The summed E-state index contributed by atoms with van der Waals surface area (Å²) in [7, 11) is 1.60. The van der Waals surface area contributed by atoms with Gasteiger partial charge in [-0.15, -0.1) is 0 Å². The van der Waals surface area contributed by atoms with Crippen molar-refractivity contribution in [2.24, 2.45) is 0 Å². The quantitative estimate of drug-likeness (QED) is 0.419. The van der Waals surface area contributed by atoms with Crippen LogP contribution in [0.2, 0.25) is 5.02 Å². The Balaban J connectivity index is 1.64. The SMILES string of the molecule is COc1cccc(CN[C@H](C)CCc2ccccc2)c1OCc1c(F)cccc1Cl. The van der Waals surface area contributed by atoms with E-state index < -0.39 is 0 Å². The minimum Gasteiger partial charge on any atom is -0.493 e. The van der Waals surface area contributed by atoms with Crippen molar-refractivity contribution >= 4 is 11.6 Å². The molecule has 0 aliphatic heterocycles. The molecule has 0 saturated heterocycles. The van der Waals surface area contributed by atoms with Gasteiger partial charge < -0.3 is 14.8 Å². The van der Waals surface area contributed by atoms with E-state index in [9.17, 15) is 4.39 Å². The summed E-state index contributed by atoms with van der Waals surface area (Å²) in [4.78, 5) is 0. The Morgan fingerprint density at radius 2 is 1.77 bits per heavy atom. The molecule has 0 aliphatic carbocycles. The highest BCUT2D eigenvalue weighted by molar-refractivity contribution is 6.31. The second-order valence-corrected chi connectivity index (χ2v) is 7.65. The van der Waals surface area contributed by atoms with Gasteiger partial charge in [-0.1, -0.05) is 60.1 Å². The number of hydrogen-bond acceptors (Lipinski definition) is 3. The van der Waals surface area contributed by atoms with E-state index in [1.165, 1.54) is 11.6 Å². The number of rotatable bonds is 10. The van der Waals surface area contributed by atoms with Crippen molar-refractivity contribution in [3.63, 3.8) is 0 Å². The van der Waals surface area contributed by atoms with Gasteiger partial charge in [-0.25, -0.2) is 4.39 Å². The van der Waals surface area contributed by atoms with E-state index in [1.807, 2.05) is 24.3 Å². The molecule has 0 aromatic heterocycles. The van der Waals surface area contributed by atoms with E-state index in [2.05, 4.69) is 36.5 Å². The van der Waals surface area contributed by atoms with Crippen LogP contribution in [0, 0.1) is 5.82 Å². The van der Waals surface area contributed by atoms with Crippen molar-refractivity contribution in [2.75, 3.05) is 7.11 Å². The van der Waals surface area contributed by atoms with E-state index in [4.69, 9.17) is 21.1 Å². The van der Waals surface area contributed by atoms with Crippen molar-refractivity contribution in [2.45, 2.75) is 39.0 Å². The van der Waals surface area contributed by atoms with Gasteiger partial charge in [-0.2, -0.15) is 0 Å². The number of ether oxygens (including phenoxy) is 2. The molecular weight excluding hydrogens is 401 g/mol. The maximum atomic E-state index is 14.1. The molecule has 30 heavy (non-hydrogen) atoms. The lowest BCUT2D eigenvalue weighted by molar-refractivity contribution is 0.275. The molecule has 0 radical (unpaired) electrons. The second-order valence-electron chi connectivity index (χ2n) is 7.24. The first-order valence-corrected chi connectivity index (χ1v) is 10.4. The van der Waals surface area contributed by atoms with E-state index in [0.717, 1.165) is 18.4 Å². The van der Waals surface area contributed by atoms with Gasteiger partial charge in [-0.05, 0) is 43.5 Å². The zero-order chi connectivity index (χ0) is 21.3. The van der Waals surface area contributed by atoms with Gasteiger partial charge in [0, 0.05) is 23.7 Å². The summed E-state index contributed by atoms with van der Waals surface area (Å²) >= 11 is 6.13. The van der Waals surface area contributed by atoms with Crippen molar-refractivity contribution in [1.82, 2.24) is 5.32 Å². The molecule has 3 nitrogen and oxygen atoms in total. The van der Waals surface area contributed by atoms with E-state index in [0.29, 0.717) is 34.7 Å². The minimum absolute atomic E-state index is 0.0302. The summed E-state index contributed by atoms with van der Waals surface area (Å²) in [5, 5.41) is 3.89. The van der Waals surface area contributed by atoms with Crippen LogP contribution in [0.1, 0.15) is 30.0 Å². The first kappa shape index (κ1) is 22.1. The number of methoxy groups -OCH3 is 1. The Morgan fingerprint density at radius 1 is 1.00 bits per heavy atom. The van der Waals surface area contributed by atoms with Crippen LogP contribution in [0.15, 0.2) is 66.7 Å². The van der Waals surface area contributed by atoms with E-state index in [-0.39, 0.29) is 12.4 Å². The molecule has 0 saturated carbocycles. The second kappa shape index (κ2) is 11.0. The smallest absolute Gasteiger partial charge is 0.166 e. The summed E-state index contributed by atoms with van der Waals surface area (Å²) in [5.74, 6) is 0.826. The molecule has 5 heteroatoms. The topological polar surface area (TPSA) is 30.5 Å². The summed E-state index contributed by atoms with van der Waals surface area (Å²) < 4.78 is 25.6. The fraction of sp³-hybridized carbons (Fsp3) is 0.280. The maximum Gasteiger partial charge on any atom is 0.166 e. The minimum atomic E-state index is -0.383. The number of benzene rings is 3. The molecule has 0 bridgehead atoms. The first-order valence-electron chi connectivity index (χ1n) is 10.1. The number of nitrogens with one attached hydrogen (secondary N) is 1. The molecule has 0 aliphatic rings. The maximum absolute atomic E-state index is 14.1. The molecular formula is C25H27ClFNO2. The first-order chi connectivity index (χ1) is 14.6. The Morgan fingerprint density at radius 3 is 2.50 bits per heavy atom. The predicted octanol–water partition coefficient (Wildman–Crippen LogP) is 6.18. The van der Waals surface area contributed by atoms with E-state index >= 15 is 0 Å². The molecule has 3 aromatic rings.